The molecule has 2 heterocycles. The smallest absolute Gasteiger partial charge is 0.198 e. The summed E-state index contributed by atoms with van der Waals surface area (Å²) in [6.45, 7) is 2.24. The van der Waals surface area contributed by atoms with E-state index in [-0.39, 0.29) is 0 Å². The Labute approximate surface area is 369 Å². The third-order valence-corrected chi connectivity index (χ3v) is 14.0. The van der Waals surface area contributed by atoms with Crippen molar-refractivity contribution >= 4 is 57.4 Å². The lowest BCUT2D eigenvalue weighted by molar-refractivity contribution is 0.754. The molecule has 3 heteroatoms. The second-order valence-electron chi connectivity index (χ2n) is 17.3. The molecule has 0 saturated heterocycles. The normalized spacial score (nSPS) is 13.4. The van der Waals surface area contributed by atoms with E-state index in [2.05, 4.69) is 236 Å². The number of para-hydroxylation sites is 2. The summed E-state index contributed by atoms with van der Waals surface area (Å²) in [6, 6.07) is 81.2. The Balaban J connectivity index is 1.07. The van der Waals surface area contributed by atoms with Crippen LogP contribution in [0.4, 0.5) is 28.4 Å². The molecule has 0 atom stereocenters. The fourth-order valence-electron chi connectivity index (χ4n) is 11.2. The second kappa shape index (κ2) is 13.8. The van der Waals surface area contributed by atoms with E-state index < -0.39 is 5.41 Å². The van der Waals surface area contributed by atoms with E-state index >= 15 is 0 Å². The molecule has 1 N–H and O–H groups in total. The molecule has 1 aliphatic carbocycles. The van der Waals surface area contributed by atoms with Crippen molar-refractivity contribution in [3.63, 3.8) is 0 Å². The third-order valence-electron chi connectivity index (χ3n) is 14.0. The highest BCUT2D eigenvalue weighted by Crippen LogP contribution is 2.63. The topological polar surface area (TPSA) is 15.3 Å². The Hall–Kier alpha value is -7.88. The number of nitrogens with one attached hydrogen (secondary N) is 1. The number of benzene rings is 10. The first kappa shape index (κ1) is 35.8. The van der Waals surface area contributed by atoms with Gasteiger partial charge in [0.1, 0.15) is 0 Å². The molecule has 0 fully saturated rings. The van der Waals surface area contributed by atoms with Gasteiger partial charge in [-0.25, -0.2) is 0 Å². The SMILES string of the molecule is Cc1ccccc1-c1cc(-c2cc3ccccc3cc2Nc2ccc(-c3ccccc3)cc2)c2c(c1)N1c3ccccc3C3(c4ccccc4-c4ccccc43)c3cccc(c31)B2. The van der Waals surface area contributed by atoms with Crippen molar-refractivity contribution in [1.82, 2.24) is 0 Å². The standard InChI is InChI=1S/C60H41BN2/c1-38-16-5-8-21-45(38)43-35-49(48-34-41-19-6-7-20-42(41)36-55(48)62-44-32-30-40(31-33-44)39-17-3-2-4-18-39)58-57(37-43)63-56-29-14-13-26-52(56)60(53-27-15-28-54(61-58)59(53)63)50-24-11-9-22-46(50)47-23-10-12-25-51(47)60/h2-37,61-62H,1H3. The van der Waals surface area contributed by atoms with E-state index in [1.54, 1.807) is 0 Å². The van der Waals surface area contributed by atoms with Crippen molar-refractivity contribution in [2.75, 3.05) is 10.2 Å². The molecule has 2 nitrogen and oxygen atoms in total. The predicted octanol–water partition coefficient (Wildman–Crippen LogP) is 13.7. The molecule has 0 radical (unpaired) electrons. The quantitative estimate of drug-likeness (QED) is 0.174. The Morgan fingerprint density at radius 3 is 1.76 bits per heavy atom. The summed E-state index contributed by atoms with van der Waals surface area (Å²) >= 11 is 0. The van der Waals surface area contributed by atoms with Gasteiger partial charge in [0.25, 0.3) is 0 Å². The lowest BCUT2D eigenvalue weighted by Crippen LogP contribution is -2.47. The molecular weight excluding hydrogens is 759 g/mol. The van der Waals surface area contributed by atoms with Crippen molar-refractivity contribution < 1.29 is 0 Å². The Morgan fingerprint density at radius 2 is 1.02 bits per heavy atom. The maximum atomic E-state index is 3.94. The van der Waals surface area contributed by atoms with Crippen LogP contribution in [-0.4, -0.2) is 7.28 Å². The van der Waals surface area contributed by atoms with Gasteiger partial charge in [-0.1, -0.05) is 181 Å². The van der Waals surface area contributed by atoms with Crippen LogP contribution in [0.3, 0.4) is 0 Å². The number of hydrogen-bond acceptors (Lipinski definition) is 2. The fraction of sp³-hybridized carbons (Fsp3) is 0.0333. The van der Waals surface area contributed by atoms with Crippen molar-refractivity contribution in [3.8, 4) is 44.5 Å². The first-order valence-corrected chi connectivity index (χ1v) is 22.1. The molecule has 0 aromatic heterocycles. The van der Waals surface area contributed by atoms with Gasteiger partial charge in [0.2, 0.25) is 0 Å². The molecular formula is C60H41BN2. The van der Waals surface area contributed by atoms with Crippen LogP contribution in [-0.2, 0) is 5.41 Å². The highest BCUT2D eigenvalue weighted by atomic mass is 15.2. The Kier molecular flexibility index (Phi) is 7.86. The van der Waals surface area contributed by atoms with Gasteiger partial charge in [0.15, 0.2) is 7.28 Å². The van der Waals surface area contributed by atoms with E-state index in [1.165, 1.54) is 111 Å². The lowest BCUT2D eigenvalue weighted by atomic mass is 9.54. The minimum absolute atomic E-state index is 0.453. The lowest BCUT2D eigenvalue weighted by Gasteiger charge is -2.48. The van der Waals surface area contributed by atoms with Crippen molar-refractivity contribution in [1.29, 1.82) is 0 Å². The maximum absolute atomic E-state index is 3.94. The van der Waals surface area contributed by atoms with Crippen molar-refractivity contribution in [2.24, 2.45) is 0 Å². The molecule has 13 rings (SSSR count). The number of aryl methyl sites for hydroxylation is 1. The van der Waals surface area contributed by atoms with Crippen LogP contribution in [0.2, 0.25) is 0 Å². The van der Waals surface area contributed by atoms with Crippen LogP contribution in [0.15, 0.2) is 218 Å². The molecule has 10 aromatic rings. The van der Waals surface area contributed by atoms with Gasteiger partial charge in [-0.3, -0.25) is 0 Å². The molecule has 3 aliphatic rings. The molecule has 0 unspecified atom stereocenters. The molecule has 1 spiro atoms. The summed E-state index contributed by atoms with van der Waals surface area (Å²) in [6.07, 6.45) is 0. The summed E-state index contributed by atoms with van der Waals surface area (Å²) in [4.78, 5) is 2.62. The zero-order valence-corrected chi connectivity index (χ0v) is 34.9. The summed E-state index contributed by atoms with van der Waals surface area (Å²) in [5, 5.41) is 6.36. The van der Waals surface area contributed by atoms with E-state index in [0.29, 0.717) is 0 Å². The average Bonchev–Trinajstić information content (AvgIpc) is 3.63. The van der Waals surface area contributed by atoms with Crippen LogP contribution in [0.25, 0.3) is 55.3 Å². The van der Waals surface area contributed by atoms with Gasteiger partial charge >= 0.3 is 0 Å². The molecule has 0 bridgehead atoms. The maximum Gasteiger partial charge on any atom is 0.198 e. The van der Waals surface area contributed by atoms with Gasteiger partial charge in [-0.15, -0.1) is 0 Å². The number of rotatable bonds is 5. The minimum atomic E-state index is -0.453. The fourth-order valence-corrected chi connectivity index (χ4v) is 11.2. The Bertz CT molecular complexity index is 3430. The van der Waals surface area contributed by atoms with Crippen LogP contribution in [0.1, 0.15) is 27.8 Å². The van der Waals surface area contributed by atoms with Crippen LogP contribution in [0, 0.1) is 6.92 Å². The van der Waals surface area contributed by atoms with Gasteiger partial charge in [-0.2, -0.15) is 0 Å². The van der Waals surface area contributed by atoms with E-state index in [0.717, 1.165) is 18.7 Å². The number of hydrogen-bond donors (Lipinski definition) is 1. The Morgan fingerprint density at radius 1 is 0.413 bits per heavy atom. The zero-order chi connectivity index (χ0) is 41.6. The van der Waals surface area contributed by atoms with Crippen LogP contribution >= 0.6 is 0 Å². The molecule has 0 amide bonds. The summed E-state index contributed by atoms with van der Waals surface area (Å²) in [5.74, 6) is 0. The van der Waals surface area contributed by atoms with Gasteiger partial charge in [0, 0.05) is 28.3 Å². The van der Waals surface area contributed by atoms with E-state index in [4.69, 9.17) is 0 Å². The monoisotopic (exact) mass is 800 g/mol. The molecule has 10 aromatic carbocycles. The van der Waals surface area contributed by atoms with Gasteiger partial charge in [-0.05, 0) is 132 Å². The minimum Gasteiger partial charge on any atom is -0.355 e. The van der Waals surface area contributed by atoms with Crippen LogP contribution < -0.4 is 21.1 Å². The zero-order valence-electron chi connectivity index (χ0n) is 34.9. The van der Waals surface area contributed by atoms with Crippen LogP contribution in [0.5, 0.6) is 0 Å². The summed E-state index contributed by atoms with van der Waals surface area (Å²) < 4.78 is 0. The summed E-state index contributed by atoms with van der Waals surface area (Å²) in [7, 11) is 0.804. The van der Waals surface area contributed by atoms with Crippen molar-refractivity contribution in [3.05, 3.63) is 246 Å². The number of nitrogens with zero attached hydrogens (tertiary/aromatic N) is 1. The van der Waals surface area contributed by atoms with Gasteiger partial charge in [0.05, 0.1) is 11.1 Å². The molecule has 294 valence electrons. The third kappa shape index (κ3) is 5.27. The van der Waals surface area contributed by atoms with Gasteiger partial charge < -0.3 is 10.2 Å². The highest BCUT2D eigenvalue weighted by Gasteiger charge is 2.52. The number of anilines is 5. The predicted molar refractivity (Wildman–Crippen MR) is 267 cm³/mol. The summed E-state index contributed by atoms with van der Waals surface area (Å²) in [5.41, 5.74) is 24.7. The van der Waals surface area contributed by atoms with E-state index in [9.17, 15) is 0 Å². The molecule has 63 heavy (non-hydrogen) atoms. The van der Waals surface area contributed by atoms with E-state index in [1.807, 2.05) is 0 Å². The number of fused-ring (bicyclic) bond motifs is 12. The highest BCUT2D eigenvalue weighted by molar-refractivity contribution is 6.73. The second-order valence-corrected chi connectivity index (χ2v) is 17.3. The molecule has 0 saturated carbocycles. The molecule has 2 aliphatic heterocycles. The largest absolute Gasteiger partial charge is 0.355 e. The van der Waals surface area contributed by atoms with Crippen molar-refractivity contribution in [2.45, 2.75) is 12.3 Å². The first-order chi connectivity index (χ1) is 31.1. The average molecular weight is 801 g/mol. The first-order valence-electron chi connectivity index (χ1n) is 22.1.